The molecule has 0 spiro atoms. The van der Waals surface area contributed by atoms with Gasteiger partial charge in [-0.15, -0.1) is 0 Å². The zero-order valence-electron chi connectivity index (χ0n) is 15.0. The van der Waals surface area contributed by atoms with Crippen molar-refractivity contribution in [3.8, 4) is 0 Å². The third kappa shape index (κ3) is 3.66. The molecule has 0 radical (unpaired) electrons. The van der Waals surface area contributed by atoms with E-state index in [1.165, 1.54) is 0 Å². The summed E-state index contributed by atoms with van der Waals surface area (Å²) in [7, 11) is 0. The number of aryl methyl sites for hydroxylation is 1. The predicted molar refractivity (Wildman–Crippen MR) is 107 cm³/mol. The normalized spacial score (nSPS) is 19.1. The summed E-state index contributed by atoms with van der Waals surface area (Å²) in [5.41, 5.74) is 4.00. The second kappa shape index (κ2) is 7.25. The molecule has 0 aliphatic carbocycles. The fraction of sp³-hybridized carbons (Fsp3) is 0.286. The molecule has 27 heavy (non-hydrogen) atoms. The summed E-state index contributed by atoms with van der Waals surface area (Å²) in [4.78, 5) is 31.9. The Labute approximate surface area is 163 Å². The molecule has 0 saturated carbocycles. The molecule has 5 nitrogen and oxygen atoms in total. The average Bonchev–Trinajstić information content (AvgIpc) is 2.65. The molecular weight excluding hydrogens is 362 g/mol. The van der Waals surface area contributed by atoms with Gasteiger partial charge in [-0.3, -0.25) is 19.5 Å². The van der Waals surface area contributed by atoms with E-state index in [2.05, 4.69) is 10.3 Å². The van der Waals surface area contributed by atoms with E-state index < -0.39 is 0 Å². The number of rotatable bonds is 3. The van der Waals surface area contributed by atoms with Crippen molar-refractivity contribution >= 4 is 40.4 Å². The summed E-state index contributed by atoms with van der Waals surface area (Å²) in [6.07, 6.45) is 0.698. The van der Waals surface area contributed by atoms with Gasteiger partial charge in [-0.1, -0.05) is 29.8 Å². The number of hydrogen-bond donors (Lipinski definition) is 1. The molecule has 0 bridgehead atoms. The molecule has 1 N–H and O–H groups in total. The molecule has 1 amide bonds. The molecule has 2 aromatic rings. The lowest BCUT2D eigenvalue weighted by Crippen LogP contribution is -2.47. The van der Waals surface area contributed by atoms with E-state index in [0.717, 1.165) is 17.0 Å². The lowest BCUT2D eigenvalue weighted by molar-refractivity contribution is -0.117. The molecule has 1 atom stereocenters. The summed E-state index contributed by atoms with van der Waals surface area (Å²) >= 11 is 6.19. The van der Waals surface area contributed by atoms with E-state index in [4.69, 9.17) is 11.6 Å². The first-order chi connectivity index (χ1) is 13.0. The second-order valence-electron chi connectivity index (χ2n) is 7.05. The van der Waals surface area contributed by atoms with Gasteiger partial charge < -0.3 is 5.32 Å². The second-order valence-corrected chi connectivity index (χ2v) is 7.46. The highest BCUT2D eigenvalue weighted by molar-refractivity contribution is 6.33. The number of halogens is 1. The van der Waals surface area contributed by atoms with Gasteiger partial charge >= 0.3 is 0 Å². The number of nitrogens with one attached hydrogen (secondary N) is 1. The molecule has 2 aromatic carbocycles. The Morgan fingerprint density at radius 2 is 2.11 bits per heavy atom. The minimum Gasteiger partial charge on any atom is -0.324 e. The van der Waals surface area contributed by atoms with Crippen LogP contribution in [0.5, 0.6) is 0 Å². The van der Waals surface area contributed by atoms with Gasteiger partial charge in [-0.2, -0.15) is 0 Å². The van der Waals surface area contributed by atoms with Crippen LogP contribution in [0, 0.1) is 12.8 Å². The van der Waals surface area contributed by atoms with Gasteiger partial charge in [0.05, 0.1) is 28.9 Å². The van der Waals surface area contributed by atoms with Gasteiger partial charge in [0.25, 0.3) is 0 Å². The standard InChI is InChI=1S/C21H20ClN3O2/c1-13-6-7-19(16(22)10-13)24-20(26)12-25-9-8-18-15(11-25)21(27)14-4-2-3-5-17(14)23-18/h2-7,10,15H,8-9,11-12H2,1H3,(H,24,26). The van der Waals surface area contributed by atoms with Crippen LogP contribution in [0.1, 0.15) is 22.3 Å². The third-order valence-corrected chi connectivity index (χ3v) is 5.36. The minimum atomic E-state index is -0.260. The number of carbonyl (C=O) groups is 2. The van der Waals surface area contributed by atoms with Crippen LogP contribution in [0.3, 0.4) is 0 Å². The fourth-order valence-electron chi connectivity index (χ4n) is 3.65. The maximum atomic E-state index is 12.8. The number of fused-ring (bicyclic) bond motifs is 2. The van der Waals surface area contributed by atoms with Crippen molar-refractivity contribution in [1.82, 2.24) is 4.90 Å². The molecular formula is C21H20ClN3O2. The van der Waals surface area contributed by atoms with Crippen molar-refractivity contribution < 1.29 is 9.59 Å². The van der Waals surface area contributed by atoms with Crippen molar-refractivity contribution in [1.29, 1.82) is 0 Å². The van der Waals surface area contributed by atoms with Crippen LogP contribution in [0.25, 0.3) is 0 Å². The predicted octanol–water partition coefficient (Wildman–Crippen LogP) is 3.88. The lowest BCUT2D eigenvalue weighted by Gasteiger charge is -2.34. The number of anilines is 1. The van der Waals surface area contributed by atoms with Crippen molar-refractivity contribution in [2.45, 2.75) is 13.3 Å². The molecule has 2 aliphatic heterocycles. The van der Waals surface area contributed by atoms with E-state index in [0.29, 0.717) is 35.8 Å². The number of piperidine rings is 1. The molecule has 4 rings (SSSR count). The lowest BCUT2D eigenvalue weighted by atomic mass is 9.85. The van der Waals surface area contributed by atoms with Crippen molar-refractivity contribution in [2.75, 3.05) is 25.0 Å². The highest BCUT2D eigenvalue weighted by Crippen LogP contribution is 2.32. The van der Waals surface area contributed by atoms with Crippen molar-refractivity contribution in [3.05, 3.63) is 58.6 Å². The van der Waals surface area contributed by atoms with Crippen LogP contribution in [-0.2, 0) is 4.79 Å². The summed E-state index contributed by atoms with van der Waals surface area (Å²) in [6.45, 7) is 3.40. The van der Waals surface area contributed by atoms with Crippen LogP contribution in [0.2, 0.25) is 5.02 Å². The van der Waals surface area contributed by atoms with E-state index in [1.54, 1.807) is 6.07 Å². The summed E-state index contributed by atoms with van der Waals surface area (Å²) in [5.74, 6) is -0.295. The fourth-order valence-corrected chi connectivity index (χ4v) is 3.93. The Hall–Kier alpha value is -2.50. The molecule has 6 heteroatoms. The number of nitrogens with zero attached hydrogens (tertiary/aromatic N) is 2. The molecule has 0 aromatic heterocycles. The number of Topliss-reactive ketones (excluding diaryl/α,β-unsaturated/α-hetero) is 1. The number of para-hydroxylation sites is 1. The Morgan fingerprint density at radius 3 is 2.93 bits per heavy atom. The van der Waals surface area contributed by atoms with Gasteiger partial charge in [-0.05, 0) is 43.2 Å². The quantitative estimate of drug-likeness (QED) is 0.877. The Kier molecular flexibility index (Phi) is 4.81. The Bertz CT molecular complexity index is 954. The zero-order chi connectivity index (χ0) is 19.0. The highest BCUT2D eigenvalue weighted by Gasteiger charge is 2.36. The largest absolute Gasteiger partial charge is 0.324 e. The molecule has 1 saturated heterocycles. The molecule has 2 heterocycles. The third-order valence-electron chi connectivity index (χ3n) is 5.04. The van der Waals surface area contributed by atoms with Crippen LogP contribution in [0.15, 0.2) is 47.5 Å². The van der Waals surface area contributed by atoms with Gasteiger partial charge in [0.1, 0.15) is 0 Å². The summed E-state index contributed by atoms with van der Waals surface area (Å²) in [5, 5.41) is 3.38. The van der Waals surface area contributed by atoms with Crippen molar-refractivity contribution in [2.24, 2.45) is 10.9 Å². The zero-order valence-corrected chi connectivity index (χ0v) is 15.8. The molecule has 2 aliphatic rings. The average molecular weight is 382 g/mol. The van der Waals surface area contributed by atoms with Crippen LogP contribution in [0.4, 0.5) is 11.4 Å². The number of carbonyl (C=O) groups excluding carboxylic acids is 2. The number of hydrogen-bond acceptors (Lipinski definition) is 4. The number of likely N-dealkylation sites (tertiary alicyclic amines) is 1. The SMILES string of the molecule is Cc1ccc(NC(=O)CN2CCC3=Nc4ccccc4C(=O)C3C2)c(Cl)c1. The van der Waals surface area contributed by atoms with E-state index >= 15 is 0 Å². The van der Waals surface area contributed by atoms with Crippen LogP contribution < -0.4 is 5.32 Å². The number of ketones is 1. The molecule has 1 fully saturated rings. The molecule has 138 valence electrons. The summed E-state index contributed by atoms with van der Waals surface area (Å²) < 4.78 is 0. The van der Waals surface area contributed by atoms with Gasteiger partial charge in [-0.25, -0.2) is 0 Å². The first kappa shape index (κ1) is 17.9. The first-order valence-electron chi connectivity index (χ1n) is 9.00. The highest BCUT2D eigenvalue weighted by atomic mass is 35.5. The number of benzene rings is 2. The van der Waals surface area contributed by atoms with Crippen LogP contribution >= 0.6 is 11.6 Å². The smallest absolute Gasteiger partial charge is 0.238 e. The maximum absolute atomic E-state index is 12.8. The Morgan fingerprint density at radius 1 is 1.30 bits per heavy atom. The maximum Gasteiger partial charge on any atom is 0.238 e. The van der Waals surface area contributed by atoms with Crippen LogP contribution in [-0.4, -0.2) is 41.9 Å². The summed E-state index contributed by atoms with van der Waals surface area (Å²) in [6, 6.07) is 13.0. The Balaban J connectivity index is 1.43. The van der Waals surface area contributed by atoms with E-state index in [9.17, 15) is 9.59 Å². The van der Waals surface area contributed by atoms with Gasteiger partial charge in [0.2, 0.25) is 5.91 Å². The first-order valence-corrected chi connectivity index (χ1v) is 9.38. The monoisotopic (exact) mass is 381 g/mol. The van der Waals surface area contributed by atoms with E-state index in [-0.39, 0.29) is 24.2 Å². The van der Waals surface area contributed by atoms with Gasteiger partial charge in [0, 0.05) is 24.4 Å². The topological polar surface area (TPSA) is 61.8 Å². The van der Waals surface area contributed by atoms with Gasteiger partial charge in [0.15, 0.2) is 5.78 Å². The van der Waals surface area contributed by atoms with E-state index in [1.807, 2.05) is 48.2 Å². The number of amides is 1. The minimum absolute atomic E-state index is 0.0993. The molecule has 1 unspecified atom stereocenters. The van der Waals surface area contributed by atoms with Crippen molar-refractivity contribution in [3.63, 3.8) is 0 Å². The number of aliphatic imine (C=N–C) groups is 1.